The van der Waals surface area contributed by atoms with Crippen LogP contribution < -0.4 is 16.8 Å². The number of nitrogens with two attached hydrogens (primary N) is 2. The number of benzene rings is 2. The molecule has 1 fully saturated rings. The third-order valence-corrected chi connectivity index (χ3v) is 6.56. The van der Waals surface area contributed by atoms with Crippen molar-refractivity contribution in [3.8, 4) is 11.3 Å². The molecule has 0 aliphatic heterocycles. The number of primary amides is 1. The Hall–Kier alpha value is -3.45. The topological polar surface area (TPSA) is 127 Å². The number of hydrogen-bond donors (Lipinski definition) is 4. The highest BCUT2D eigenvalue weighted by molar-refractivity contribution is 5.93. The lowest BCUT2D eigenvalue weighted by Crippen LogP contribution is -2.37. The van der Waals surface area contributed by atoms with Gasteiger partial charge in [-0.2, -0.15) is 0 Å². The van der Waals surface area contributed by atoms with Crippen molar-refractivity contribution >= 4 is 11.8 Å². The second-order valence-corrected chi connectivity index (χ2v) is 8.83. The number of carbonyl (C=O) groups excluding carboxylic acids is 2. The first-order valence-electron chi connectivity index (χ1n) is 11.5. The van der Waals surface area contributed by atoms with E-state index in [9.17, 15) is 9.59 Å². The molecule has 1 aliphatic carbocycles. The maximum atomic E-state index is 13.1. The van der Waals surface area contributed by atoms with Crippen LogP contribution in [0.25, 0.3) is 11.3 Å². The standard InChI is InChI=1S/C26H31N5O2/c27-15-18-6-8-21(9-7-18)26(33)31-22(14-17-4-2-1-3-5-17)25-29-16-23(30-25)19-10-12-20(13-11-19)24(28)32/h1-5,10-13,16,18,21-22H,6-9,14-15,27H2,(H2,28,32)(H,29,30)(H,31,33)/t18?,21?,22-/m0/s1. The average molecular weight is 446 g/mol. The van der Waals surface area contributed by atoms with E-state index >= 15 is 0 Å². The van der Waals surface area contributed by atoms with Gasteiger partial charge in [-0.15, -0.1) is 0 Å². The first-order valence-corrected chi connectivity index (χ1v) is 11.5. The van der Waals surface area contributed by atoms with E-state index in [0.717, 1.165) is 42.5 Å². The molecule has 0 spiro atoms. The summed E-state index contributed by atoms with van der Waals surface area (Å²) in [7, 11) is 0. The fourth-order valence-electron chi connectivity index (χ4n) is 4.49. The van der Waals surface area contributed by atoms with Crippen LogP contribution in [0, 0.1) is 11.8 Å². The van der Waals surface area contributed by atoms with Crippen LogP contribution >= 0.6 is 0 Å². The monoisotopic (exact) mass is 445 g/mol. The molecule has 172 valence electrons. The van der Waals surface area contributed by atoms with Crippen molar-refractivity contribution in [2.75, 3.05) is 6.54 Å². The van der Waals surface area contributed by atoms with Crippen LogP contribution in [-0.4, -0.2) is 28.3 Å². The Labute approximate surface area is 194 Å². The van der Waals surface area contributed by atoms with Gasteiger partial charge >= 0.3 is 0 Å². The SMILES string of the molecule is NCC1CCC(C(=O)N[C@@H](Cc2ccccc2)c2ncc(-c3ccc(C(N)=O)cc3)[nH]2)CC1. The number of nitrogens with one attached hydrogen (secondary N) is 2. The number of nitrogens with zero attached hydrogens (tertiary/aromatic N) is 1. The molecule has 1 aromatic heterocycles. The lowest BCUT2D eigenvalue weighted by atomic mass is 9.81. The molecule has 0 saturated heterocycles. The highest BCUT2D eigenvalue weighted by Gasteiger charge is 2.28. The maximum absolute atomic E-state index is 13.1. The van der Waals surface area contributed by atoms with E-state index in [0.29, 0.717) is 30.3 Å². The first kappa shape index (κ1) is 22.7. The number of H-pyrrole nitrogens is 1. The highest BCUT2D eigenvalue weighted by atomic mass is 16.2. The summed E-state index contributed by atoms with van der Waals surface area (Å²) >= 11 is 0. The Morgan fingerprint density at radius 1 is 1.03 bits per heavy atom. The number of aromatic amines is 1. The minimum Gasteiger partial charge on any atom is -0.366 e. The van der Waals surface area contributed by atoms with Crippen molar-refractivity contribution in [2.45, 2.75) is 38.1 Å². The molecule has 6 N–H and O–H groups in total. The average Bonchev–Trinajstić information content (AvgIpc) is 3.35. The molecule has 0 unspecified atom stereocenters. The smallest absolute Gasteiger partial charge is 0.248 e. The van der Waals surface area contributed by atoms with Gasteiger partial charge in [0.15, 0.2) is 0 Å². The Balaban J connectivity index is 1.52. The van der Waals surface area contributed by atoms with Gasteiger partial charge < -0.3 is 21.8 Å². The predicted molar refractivity (Wildman–Crippen MR) is 128 cm³/mol. The zero-order valence-electron chi connectivity index (χ0n) is 18.7. The summed E-state index contributed by atoms with van der Waals surface area (Å²) in [5.41, 5.74) is 14.4. The summed E-state index contributed by atoms with van der Waals surface area (Å²) in [6, 6.07) is 16.9. The van der Waals surface area contributed by atoms with Crippen LogP contribution in [0.1, 0.15) is 53.5 Å². The Morgan fingerprint density at radius 3 is 2.36 bits per heavy atom. The molecular formula is C26H31N5O2. The van der Waals surface area contributed by atoms with Crippen LogP contribution in [0.5, 0.6) is 0 Å². The van der Waals surface area contributed by atoms with E-state index in [1.807, 2.05) is 30.3 Å². The summed E-state index contributed by atoms with van der Waals surface area (Å²) in [5.74, 6) is 0.870. The molecule has 1 saturated carbocycles. The Kier molecular flexibility index (Phi) is 7.19. The van der Waals surface area contributed by atoms with Gasteiger partial charge in [0.2, 0.25) is 11.8 Å². The zero-order chi connectivity index (χ0) is 23.2. The van der Waals surface area contributed by atoms with Crippen LogP contribution in [0.3, 0.4) is 0 Å². The van der Waals surface area contributed by atoms with Gasteiger partial charge in [0.1, 0.15) is 5.82 Å². The minimum absolute atomic E-state index is 0.0156. The van der Waals surface area contributed by atoms with Gasteiger partial charge in [0.25, 0.3) is 0 Å². The maximum Gasteiger partial charge on any atom is 0.248 e. The molecule has 2 aromatic carbocycles. The van der Waals surface area contributed by atoms with Gasteiger partial charge in [-0.3, -0.25) is 9.59 Å². The Morgan fingerprint density at radius 2 is 1.73 bits per heavy atom. The summed E-state index contributed by atoms with van der Waals surface area (Å²) in [6.45, 7) is 0.695. The molecule has 1 atom stereocenters. The zero-order valence-corrected chi connectivity index (χ0v) is 18.7. The minimum atomic E-state index is -0.460. The van der Waals surface area contributed by atoms with Gasteiger partial charge in [0, 0.05) is 11.5 Å². The van der Waals surface area contributed by atoms with Crippen molar-refractivity contribution in [3.05, 3.63) is 77.7 Å². The molecule has 1 heterocycles. The van der Waals surface area contributed by atoms with Crippen LogP contribution in [0.15, 0.2) is 60.8 Å². The van der Waals surface area contributed by atoms with Gasteiger partial charge in [-0.05, 0) is 67.8 Å². The van der Waals surface area contributed by atoms with Crippen molar-refractivity contribution in [2.24, 2.45) is 23.3 Å². The van der Waals surface area contributed by atoms with E-state index < -0.39 is 5.91 Å². The van der Waals surface area contributed by atoms with Gasteiger partial charge in [-0.1, -0.05) is 42.5 Å². The van der Waals surface area contributed by atoms with Gasteiger partial charge in [-0.25, -0.2) is 4.98 Å². The van der Waals surface area contributed by atoms with Gasteiger partial charge in [0.05, 0.1) is 17.9 Å². The van der Waals surface area contributed by atoms with E-state index in [4.69, 9.17) is 11.5 Å². The van der Waals surface area contributed by atoms with Crippen molar-refractivity contribution in [3.63, 3.8) is 0 Å². The van der Waals surface area contributed by atoms with Crippen LogP contribution in [-0.2, 0) is 11.2 Å². The van der Waals surface area contributed by atoms with E-state index in [1.54, 1.807) is 18.3 Å². The molecule has 0 bridgehead atoms. The third kappa shape index (κ3) is 5.68. The van der Waals surface area contributed by atoms with Crippen molar-refractivity contribution < 1.29 is 9.59 Å². The third-order valence-electron chi connectivity index (χ3n) is 6.56. The number of carbonyl (C=O) groups is 2. The fourth-order valence-corrected chi connectivity index (χ4v) is 4.49. The lowest BCUT2D eigenvalue weighted by Gasteiger charge is -2.28. The molecule has 0 radical (unpaired) electrons. The quantitative estimate of drug-likeness (QED) is 0.424. The van der Waals surface area contributed by atoms with Crippen molar-refractivity contribution in [1.82, 2.24) is 15.3 Å². The molecule has 2 amide bonds. The van der Waals surface area contributed by atoms with Crippen LogP contribution in [0.2, 0.25) is 0 Å². The molecule has 4 rings (SSSR count). The molecule has 1 aliphatic rings. The molecule has 7 heteroatoms. The summed E-state index contributed by atoms with van der Waals surface area (Å²) < 4.78 is 0. The number of imidazole rings is 1. The number of hydrogen-bond acceptors (Lipinski definition) is 4. The van der Waals surface area contributed by atoms with E-state index in [2.05, 4.69) is 27.4 Å². The summed E-state index contributed by atoms with van der Waals surface area (Å²) in [6.07, 6.45) is 6.15. The number of rotatable bonds is 8. The number of amides is 2. The summed E-state index contributed by atoms with van der Waals surface area (Å²) in [4.78, 5) is 32.4. The highest BCUT2D eigenvalue weighted by Crippen LogP contribution is 2.29. The van der Waals surface area contributed by atoms with Crippen molar-refractivity contribution in [1.29, 1.82) is 0 Å². The first-order chi connectivity index (χ1) is 16.0. The largest absolute Gasteiger partial charge is 0.366 e. The lowest BCUT2D eigenvalue weighted by molar-refractivity contribution is -0.127. The fraction of sp³-hybridized carbons (Fsp3) is 0.346. The van der Waals surface area contributed by atoms with E-state index in [1.165, 1.54) is 0 Å². The summed E-state index contributed by atoms with van der Waals surface area (Å²) in [5, 5.41) is 3.25. The molecule has 3 aromatic rings. The normalized spacial score (nSPS) is 19.1. The second-order valence-electron chi connectivity index (χ2n) is 8.83. The predicted octanol–water partition coefficient (Wildman–Crippen LogP) is 3.34. The Bertz CT molecular complexity index is 1070. The van der Waals surface area contributed by atoms with Crippen LogP contribution in [0.4, 0.5) is 0 Å². The molecule has 7 nitrogen and oxygen atoms in total. The molecule has 33 heavy (non-hydrogen) atoms. The second kappa shape index (κ2) is 10.4. The number of aromatic nitrogens is 2. The molecular weight excluding hydrogens is 414 g/mol. The van der Waals surface area contributed by atoms with E-state index in [-0.39, 0.29) is 17.9 Å².